The summed E-state index contributed by atoms with van der Waals surface area (Å²) in [4.78, 5) is 0. The van der Waals surface area contributed by atoms with Crippen LogP contribution in [0.3, 0.4) is 0 Å². The average Bonchev–Trinajstić information content (AvgIpc) is 2.38. The molecule has 21 heavy (non-hydrogen) atoms. The van der Waals surface area contributed by atoms with Gasteiger partial charge in [0.05, 0.1) is 24.7 Å². The van der Waals surface area contributed by atoms with Crippen LogP contribution in [-0.2, 0) is 14.2 Å². The van der Waals surface area contributed by atoms with E-state index in [9.17, 15) is 15.3 Å². The number of methoxy groups -OCH3 is 1. The number of aliphatic hydroxyl groups is 3. The van der Waals surface area contributed by atoms with E-state index in [1.165, 1.54) is 7.11 Å². The van der Waals surface area contributed by atoms with Crippen LogP contribution in [0.2, 0.25) is 0 Å². The van der Waals surface area contributed by atoms with Gasteiger partial charge in [0.1, 0.15) is 6.10 Å². The summed E-state index contributed by atoms with van der Waals surface area (Å²) in [6, 6.07) is 0. The van der Waals surface area contributed by atoms with Crippen LogP contribution in [0.1, 0.15) is 33.6 Å². The molecule has 1 aliphatic carbocycles. The fourth-order valence-electron chi connectivity index (χ4n) is 3.44. The largest absolute Gasteiger partial charge is 0.390 e. The van der Waals surface area contributed by atoms with Gasteiger partial charge >= 0.3 is 0 Å². The second kappa shape index (κ2) is 6.48. The van der Waals surface area contributed by atoms with Gasteiger partial charge in [-0.25, -0.2) is 0 Å². The first kappa shape index (κ1) is 17.1. The number of hydrogen-bond acceptors (Lipinski definition) is 6. The van der Waals surface area contributed by atoms with Crippen LogP contribution in [0.5, 0.6) is 0 Å². The van der Waals surface area contributed by atoms with Gasteiger partial charge in [-0.15, -0.1) is 0 Å². The van der Waals surface area contributed by atoms with Gasteiger partial charge in [0.25, 0.3) is 0 Å². The molecule has 2 aliphatic rings. The van der Waals surface area contributed by atoms with Crippen molar-refractivity contribution in [2.75, 3.05) is 13.7 Å². The molecule has 0 aromatic carbocycles. The molecular formula is C15H28O6. The molecule has 0 aromatic rings. The number of fused-ring (bicyclic) bond motifs is 1. The van der Waals surface area contributed by atoms with Crippen LogP contribution in [-0.4, -0.2) is 59.4 Å². The molecule has 6 heteroatoms. The maximum absolute atomic E-state index is 10.5. The summed E-state index contributed by atoms with van der Waals surface area (Å²) in [6.45, 7) is 6.78. The summed E-state index contributed by atoms with van der Waals surface area (Å²) >= 11 is 0. The van der Waals surface area contributed by atoms with Crippen LogP contribution in [0, 0.1) is 17.8 Å². The molecule has 0 aromatic heterocycles. The standard InChI is InChI=1S/C15H28O6/c1-8(2)5-9(3)7-20-15(18)6-10-11(15)12(16)13(17)14(19-4)21-10/h8-14,16-18H,5-7H2,1-4H3/t9?,10?,11-,12?,13?,14-,15?/m0/s1. The van der Waals surface area contributed by atoms with Crippen LogP contribution in [0.15, 0.2) is 0 Å². The van der Waals surface area contributed by atoms with Crippen molar-refractivity contribution in [2.45, 2.75) is 64.0 Å². The van der Waals surface area contributed by atoms with E-state index in [0.29, 0.717) is 18.4 Å². The zero-order valence-corrected chi connectivity index (χ0v) is 13.2. The smallest absolute Gasteiger partial charge is 0.185 e. The van der Waals surface area contributed by atoms with Crippen LogP contribution in [0.4, 0.5) is 0 Å². The minimum absolute atomic E-state index is 0.287. The molecule has 1 heterocycles. The molecule has 0 bridgehead atoms. The Morgan fingerprint density at radius 3 is 2.48 bits per heavy atom. The molecule has 0 spiro atoms. The highest BCUT2D eigenvalue weighted by Crippen LogP contribution is 2.48. The lowest BCUT2D eigenvalue weighted by molar-refractivity contribution is -0.403. The van der Waals surface area contributed by atoms with E-state index < -0.39 is 30.2 Å². The Hall–Kier alpha value is -0.240. The van der Waals surface area contributed by atoms with Crippen molar-refractivity contribution >= 4 is 0 Å². The Bertz CT molecular complexity index is 349. The first-order chi connectivity index (χ1) is 9.78. The summed E-state index contributed by atoms with van der Waals surface area (Å²) in [7, 11) is 1.41. The van der Waals surface area contributed by atoms with Gasteiger partial charge in [-0.05, 0) is 18.3 Å². The highest BCUT2D eigenvalue weighted by molar-refractivity contribution is 5.06. The topological polar surface area (TPSA) is 88.4 Å². The molecular weight excluding hydrogens is 276 g/mol. The van der Waals surface area contributed by atoms with Crippen LogP contribution < -0.4 is 0 Å². The minimum Gasteiger partial charge on any atom is -0.390 e. The fraction of sp³-hybridized carbons (Fsp3) is 1.00. The average molecular weight is 304 g/mol. The molecule has 1 saturated heterocycles. The zero-order chi connectivity index (χ0) is 15.8. The van der Waals surface area contributed by atoms with Crippen molar-refractivity contribution in [1.29, 1.82) is 0 Å². The molecule has 0 radical (unpaired) electrons. The third-order valence-electron chi connectivity index (χ3n) is 4.44. The summed E-state index contributed by atoms with van der Waals surface area (Å²) in [5.41, 5.74) is 0. The van der Waals surface area contributed by atoms with Crippen molar-refractivity contribution < 1.29 is 29.5 Å². The predicted octanol–water partition coefficient (Wildman–Crippen LogP) is 0.487. The molecule has 1 saturated carbocycles. The molecule has 3 N–H and O–H groups in total. The van der Waals surface area contributed by atoms with Gasteiger partial charge in [-0.2, -0.15) is 0 Å². The number of hydrogen-bond donors (Lipinski definition) is 3. The van der Waals surface area contributed by atoms with Crippen molar-refractivity contribution in [2.24, 2.45) is 17.8 Å². The van der Waals surface area contributed by atoms with Crippen molar-refractivity contribution in [3.8, 4) is 0 Å². The summed E-state index contributed by atoms with van der Waals surface area (Å²) in [6.07, 6.45) is -2.20. The second-order valence-corrected chi connectivity index (χ2v) is 6.88. The Kier molecular flexibility index (Phi) is 5.28. The lowest BCUT2D eigenvalue weighted by atomic mass is 9.68. The molecule has 2 fully saturated rings. The highest BCUT2D eigenvalue weighted by atomic mass is 16.7. The third-order valence-corrected chi connectivity index (χ3v) is 4.44. The van der Waals surface area contributed by atoms with E-state index in [1.807, 2.05) is 0 Å². The van der Waals surface area contributed by atoms with Gasteiger partial charge < -0.3 is 29.5 Å². The highest BCUT2D eigenvalue weighted by Gasteiger charge is 2.63. The molecule has 124 valence electrons. The van der Waals surface area contributed by atoms with Crippen molar-refractivity contribution in [3.63, 3.8) is 0 Å². The second-order valence-electron chi connectivity index (χ2n) is 6.88. The van der Waals surface area contributed by atoms with Gasteiger partial charge in [-0.3, -0.25) is 0 Å². The molecule has 7 atom stereocenters. The van der Waals surface area contributed by atoms with Gasteiger partial charge in [0, 0.05) is 13.5 Å². The predicted molar refractivity (Wildman–Crippen MR) is 75.3 cm³/mol. The van der Waals surface area contributed by atoms with Crippen LogP contribution >= 0.6 is 0 Å². The van der Waals surface area contributed by atoms with E-state index >= 15 is 0 Å². The number of aliphatic hydroxyl groups excluding tert-OH is 2. The van der Waals surface area contributed by atoms with E-state index in [-0.39, 0.29) is 12.5 Å². The van der Waals surface area contributed by atoms with E-state index in [2.05, 4.69) is 20.8 Å². The first-order valence-corrected chi connectivity index (χ1v) is 7.69. The summed E-state index contributed by atoms with van der Waals surface area (Å²) in [5.74, 6) is -1.16. The Morgan fingerprint density at radius 2 is 1.90 bits per heavy atom. The van der Waals surface area contributed by atoms with Gasteiger partial charge in [-0.1, -0.05) is 20.8 Å². The molecule has 0 amide bonds. The molecule has 5 unspecified atom stereocenters. The summed E-state index contributed by atoms with van der Waals surface area (Å²) < 4.78 is 16.1. The first-order valence-electron chi connectivity index (χ1n) is 7.69. The lowest BCUT2D eigenvalue weighted by Gasteiger charge is -2.57. The summed E-state index contributed by atoms with van der Waals surface area (Å²) in [5, 5.41) is 30.6. The third kappa shape index (κ3) is 3.41. The van der Waals surface area contributed by atoms with E-state index in [1.54, 1.807) is 0 Å². The van der Waals surface area contributed by atoms with Crippen molar-refractivity contribution in [1.82, 2.24) is 0 Å². The van der Waals surface area contributed by atoms with E-state index in [4.69, 9.17) is 14.2 Å². The maximum Gasteiger partial charge on any atom is 0.185 e. The normalized spacial score (nSPS) is 44.3. The molecule has 1 aliphatic heterocycles. The van der Waals surface area contributed by atoms with E-state index in [0.717, 1.165) is 6.42 Å². The quantitative estimate of drug-likeness (QED) is 0.619. The van der Waals surface area contributed by atoms with Gasteiger partial charge in [0.15, 0.2) is 12.1 Å². The zero-order valence-electron chi connectivity index (χ0n) is 13.2. The minimum atomic E-state index is -1.42. The number of rotatable bonds is 6. The van der Waals surface area contributed by atoms with Crippen molar-refractivity contribution in [3.05, 3.63) is 0 Å². The Morgan fingerprint density at radius 1 is 1.24 bits per heavy atom. The van der Waals surface area contributed by atoms with Crippen LogP contribution in [0.25, 0.3) is 0 Å². The maximum atomic E-state index is 10.5. The Balaban J connectivity index is 1.91. The van der Waals surface area contributed by atoms with Gasteiger partial charge in [0.2, 0.25) is 0 Å². The monoisotopic (exact) mass is 304 g/mol. The molecule has 2 rings (SSSR count). The fourth-order valence-corrected chi connectivity index (χ4v) is 3.44. The SMILES string of the molecule is CO[C@H]1OC2CC(O)(OCC(C)CC(C)C)[C@@H]2C(O)C1O. The Labute approximate surface area is 126 Å². The lowest BCUT2D eigenvalue weighted by Crippen LogP contribution is -2.71. The number of ether oxygens (including phenoxy) is 3. The molecule has 6 nitrogen and oxygen atoms in total.